The fourth-order valence-electron chi connectivity index (χ4n) is 1.86. The fraction of sp³-hybridized carbons (Fsp3) is 0.455. The molecule has 0 bridgehead atoms. The Labute approximate surface area is 128 Å². The van der Waals surface area contributed by atoms with E-state index in [9.17, 15) is 10.1 Å². The third-order valence-corrected chi connectivity index (χ3v) is 4.55. The maximum absolute atomic E-state index is 11.0. The van der Waals surface area contributed by atoms with Gasteiger partial charge in [-0.3, -0.25) is 10.1 Å². The Balaban J connectivity index is 2.25. The Morgan fingerprint density at radius 2 is 2.05 bits per heavy atom. The molecule has 2 rings (SSSR count). The third-order valence-electron chi connectivity index (χ3n) is 2.93. The Hall–Kier alpha value is -0.560. The molecule has 1 fully saturated rings. The topological polar surface area (TPSA) is 61.6 Å². The Bertz CT molecular complexity index is 514. The number of nitrogens with zero attached hydrogens (tertiary/aromatic N) is 1. The second-order valence-electron chi connectivity index (χ2n) is 4.10. The molecule has 5 nitrogen and oxygen atoms in total. The van der Waals surface area contributed by atoms with Crippen LogP contribution in [0.4, 0.5) is 5.69 Å². The predicted octanol–water partition coefficient (Wildman–Crippen LogP) is 3.83. The van der Waals surface area contributed by atoms with Gasteiger partial charge in [0.2, 0.25) is 0 Å². The first-order valence-electron chi connectivity index (χ1n) is 5.41. The second kappa shape index (κ2) is 5.83. The van der Waals surface area contributed by atoms with Crippen molar-refractivity contribution in [3.05, 3.63) is 32.3 Å². The molecule has 3 atom stereocenters. The molecule has 1 aromatic rings. The van der Waals surface area contributed by atoms with Gasteiger partial charge in [0.25, 0.3) is 0 Å². The van der Waals surface area contributed by atoms with Gasteiger partial charge in [-0.05, 0) is 0 Å². The van der Waals surface area contributed by atoms with Crippen LogP contribution in [0.3, 0.4) is 0 Å². The number of benzene rings is 1. The molecule has 1 aliphatic rings. The largest absolute Gasteiger partial charge is 0.481 e. The number of nitro groups is 1. The summed E-state index contributed by atoms with van der Waals surface area (Å²) in [4.78, 5) is 10.6. The summed E-state index contributed by atoms with van der Waals surface area (Å²) in [5.41, 5.74) is -0.206. The molecule has 19 heavy (non-hydrogen) atoms. The number of methoxy groups -OCH3 is 1. The van der Waals surface area contributed by atoms with E-state index in [2.05, 4.69) is 15.9 Å². The Kier molecular flexibility index (Phi) is 4.55. The molecule has 0 amide bonds. The van der Waals surface area contributed by atoms with Gasteiger partial charge < -0.3 is 9.47 Å². The van der Waals surface area contributed by atoms with Crippen LogP contribution < -0.4 is 4.74 Å². The summed E-state index contributed by atoms with van der Waals surface area (Å²) in [5.74, 6) is 0.103. The summed E-state index contributed by atoms with van der Waals surface area (Å²) < 4.78 is 10.8. The molecule has 8 heteroatoms. The quantitative estimate of drug-likeness (QED) is 0.459. The van der Waals surface area contributed by atoms with Gasteiger partial charge in [-0.2, -0.15) is 0 Å². The van der Waals surface area contributed by atoms with E-state index < -0.39 is 4.92 Å². The minimum atomic E-state index is -0.552. The van der Waals surface area contributed by atoms with E-state index in [1.807, 2.05) is 0 Å². The molecule has 0 radical (unpaired) electrons. The monoisotopic (exact) mass is 369 g/mol. The summed E-state index contributed by atoms with van der Waals surface area (Å²) in [6, 6.07) is 2.54. The van der Waals surface area contributed by atoms with Crippen LogP contribution in [-0.2, 0) is 4.74 Å². The van der Waals surface area contributed by atoms with Crippen molar-refractivity contribution in [1.82, 2.24) is 0 Å². The average Bonchev–Trinajstić information content (AvgIpc) is 2.32. The van der Waals surface area contributed by atoms with Crippen LogP contribution in [0.15, 0.2) is 12.1 Å². The normalized spacial score (nSPS) is 25.8. The van der Waals surface area contributed by atoms with Crippen molar-refractivity contribution in [2.45, 2.75) is 23.5 Å². The van der Waals surface area contributed by atoms with Crippen LogP contribution in [0.2, 0.25) is 10.0 Å². The van der Waals surface area contributed by atoms with Crippen molar-refractivity contribution in [3.63, 3.8) is 0 Å². The number of nitro benzene ring substituents is 1. The molecule has 104 valence electrons. The molecule has 1 aliphatic carbocycles. The van der Waals surface area contributed by atoms with Gasteiger partial charge in [0.05, 0.1) is 15.0 Å². The Morgan fingerprint density at radius 3 is 2.58 bits per heavy atom. The number of hydrogen-bond acceptors (Lipinski definition) is 4. The number of hydrogen-bond donors (Lipinski definition) is 0. The SMILES string of the molecule is COC1C(Br)CC1Oc1cc(Cl)c(Cl)cc1[N+](=O)[O-]. The first-order chi connectivity index (χ1) is 8.93. The van der Waals surface area contributed by atoms with E-state index in [-0.39, 0.29) is 38.5 Å². The van der Waals surface area contributed by atoms with Gasteiger partial charge in [-0.1, -0.05) is 39.1 Å². The second-order valence-corrected chi connectivity index (χ2v) is 6.09. The molecular formula is C11H10BrCl2NO4. The first kappa shape index (κ1) is 14.8. The lowest BCUT2D eigenvalue weighted by molar-refractivity contribution is -0.386. The molecule has 0 N–H and O–H groups in total. The maximum Gasteiger partial charge on any atom is 0.312 e. The molecule has 1 saturated carbocycles. The zero-order valence-electron chi connectivity index (χ0n) is 9.81. The molecule has 0 aliphatic heterocycles. The van der Waals surface area contributed by atoms with Crippen LogP contribution in [0.5, 0.6) is 5.75 Å². The fourth-order valence-corrected chi connectivity index (χ4v) is 3.10. The van der Waals surface area contributed by atoms with Crippen LogP contribution in [0.25, 0.3) is 0 Å². The highest BCUT2D eigenvalue weighted by molar-refractivity contribution is 9.09. The van der Waals surface area contributed by atoms with Gasteiger partial charge in [0, 0.05) is 30.5 Å². The number of rotatable bonds is 4. The lowest BCUT2D eigenvalue weighted by Crippen LogP contribution is -2.51. The van der Waals surface area contributed by atoms with Crippen LogP contribution in [0.1, 0.15) is 6.42 Å². The van der Waals surface area contributed by atoms with Gasteiger partial charge in [-0.25, -0.2) is 0 Å². The van der Waals surface area contributed by atoms with E-state index in [4.69, 9.17) is 32.7 Å². The predicted molar refractivity (Wildman–Crippen MR) is 75.7 cm³/mol. The molecule has 0 heterocycles. The first-order valence-corrected chi connectivity index (χ1v) is 7.08. The van der Waals surface area contributed by atoms with Gasteiger partial charge in [0.15, 0.2) is 5.75 Å². The van der Waals surface area contributed by atoms with Crippen LogP contribution in [-0.4, -0.2) is 29.1 Å². The smallest absolute Gasteiger partial charge is 0.312 e. The molecule has 1 aromatic carbocycles. The van der Waals surface area contributed by atoms with Crippen molar-refractivity contribution < 1.29 is 14.4 Å². The van der Waals surface area contributed by atoms with Gasteiger partial charge >= 0.3 is 5.69 Å². The van der Waals surface area contributed by atoms with Crippen LogP contribution >= 0.6 is 39.1 Å². The van der Waals surface area contributed by atoms with Crippen molar-refractivity contribution in [2.24, 2.45) is 0 Å². The Morgan fingerprint density at radius 1 is 1.42 bits per heavy atom. The highest BCUT2D eigenvalue weighted by atomic mass is 79.9. The molecular weight excluding hydrogens is 361 g/mol. The zero-order chi connectivity index (χ0) is 14.2. The average molecular weight is 371 g/mol. The van der Waals surface area contributed by atoms with E-state index in [1.54, 1.807) is 7.11 Å². The zero-order valence-corrected chi connectivity index (χ0v) is 12.9. The highest BCUT2D eigenvalue weighted by Crippen LogP contribution is 2.40. The molecule has 0 aromatic heterocycles. The third kappa shape index (κ3) is 2.97. The molecule has 0 spiro atoms. The minimum Gasteiger partial charge on any atom is -0.481 e. The minimum absolute atomic E-state index is 0.103. The lowest BCUT2D eigenvalue weighted by atomic mass is 9.91. The van der Waals surface area contributed by atoms with Gasteiger partial charge in [0.1, 0.15) is 12.2 Å². The lowest BCUT2D eigenvalue weighted by Gasteiger charge is -2.39. The maximum atomic E-state index is 11.0. The van der Waals surface area contributed by atoms with E-state index in [1.165, 1.54) is 12.1 Å². The number of halogens is 3. The standard InChI is InChI=1S/C11H10BrCl2NO4/c1-18-11-5(12)2-10(11)19-9-4-7(14)6(13)3-8(9)15(16)17/h3-5,10-11H,2H2,1H3. The molecule has 0 saturated heterocycles. The van der Waals surface area contributed by atoms with E-state index in [0.717, 1.165) is 0 Å². The van der Waals surface area contributed by atoms with Gasteiger partial charge in [-0.15, -0.1) is 0 Å². The van der Waals surface area contributed by atoms with E-state index >= 15 is 0 Å². The summed E-state index contributed by atoms with van der Waals surface area (Å²) in [5, 5.41) is 11.3. The summed E-state index contributed by atoms with van der Waals surface area (Å²) >= 11 is 15.1. The highest BCUT2D eigenvalue weighted by Gasteiger charge is 2.42. The van der Waals surface area contributed by atoms with Crippen molar-refractivity contribution in [3.8, 4) is 5.75 Å². The van der Waals surface area contributed by atoms with Crippen molar-refractivity contribution in [2.75, 3.05) is 7.11 Å². The summed E-state index contributed by atoms with van der Waals surface area (Å²) in [6.07, 6.45) is 0.315. The summed E-state index contributed by atoms with van der Waals surface area (Å²) in [6.45, 7) is 0. The number of alkyl halides is 1. The van der Waals surface area contributed by atoms with Crippen LogP contribution in [0, 0.1) is 10.1 Å². The van der Waals surface area contributed by atoms with Crippen molar-refractivity contribution >= 4 is 44.8 Å². The van der Waals surface area contributed by atoms with Crippen molar-refractivity contribution in [1.29, 1.82) is 0 Å². The van der Waals surface area contributed by atoms with E-state index in [0.29, 0.717) is 6.42 Å². The summed E-state index contributed by atoms with van der Waals surface area (Å²) in [7, 11) is 1.57. The number of ether oxygens (including phenoxy) is 2. The molecule has 3 unspecified atom stereocenters.